The zero-order chi connectivity index (χ0) is 29.6. The molecule has 1 saturated heterocycles. The number of fused-ring (bicyclic) bond motifs is 4. The lowest BCUT2D eigenvalue weighted by Gasteiger charge is -2.29. The Morgan fingerprint density at radius 2 is 1.83 bits per heavy atom. The third kappa shape index (κ3) is 6.75. The largest absolute Gasteiger partial charge is 0.493 e. The van der Waals surface area contributed by atoms with Gasteiger partial charge in [0.15, 0.2) is 11.5 Å². The van der Waals surface area contributed by atoms with E-state index in [-0.39, 0.29) is 29.8 Å². The molecule has 0 unspecified atom stereocenters. The van der Waals surface area contributed by atoms with Gasteiger partial charge in [-0.15, -0.1) is 0 Å². The first-order valence-electron chi connectivity index (χ1n) is 14.6. The smallest absolute Gasteiger partial charge is 0.229 e. The van der Waals surface area contributed by atoms with Gasteiger partial charge >= 0.3 is 0 Å². The van der Waals surface area contributed by atoms with E-state index in [1.165, 1.54) is 6.07 Å². The molecule has 0 aliphatic carbocycles. The Balaban J connectivity index is 1.35. The van der Waals surface area contributed by atoms with Crippen molar-refractivity contribution in [1.29, 1.82) is 0 Å². The first-order chi connectivity index (χ1) is 20.4. The predicted octanol–water partition coefficient (Wildman–Crippen LogP) is 4.34. The van der Waals surface area contributed by atoms with Crippen LogP contribution < -0.4 is 20.1 Å². The molecule has 224 valence electrons. The first-order valence-corrected chi connectivity index (χ1v) is 14.6. The average molecular weight is 579 g/mol. The number of carbonyl (C=O) groups is 2. The summed E-state index contributed by atoms with van der Waals surface area (Å²) >= 11 is 0. The number of aromatic nitrogens is 1. The summed E-state index contributed by atoms with van der Waals surface area (Å²) < 4.78 is 31.5. The van der Waals surface area contributed by atoms with Crippen LogP contribution in [-0.4, -0.2) is 61.1 Å². The number of halogens is 1. The Hall–Kier alpha value is -3.92. The van der Waals surface area contributed by atoms with E-state index >= 15 is 0 Å². The van der Waals surface area contributed by atoms with Gasteiger partial charge in [-0.3, -0.25) is 14.5 Å². The van der Waals surface area contributed by atoms with Gasteiger partial charge in [-0.1, -0.05) is 18.2 Å². The summed E-state index contributed by atoms with van der Waals surface area (Å²) in [6, 6.07) is 10.4. The molecule has 2 aromatic carbocycles. The molecule has 0 spiro atoms. The van der Waals surface area contributed by atoms with Gasteiger partial charge in [0, 0.05) is 44.6 Å². The fraction of sp³-hybridized carbons (Fsp3) is 0.469. The fourth-order valence-electron chi connectivity index (χ4n) is 6.02. The second-order valence-electron chi connectivity index (χ2n) is 11.0. The topological polar surface area (TPSA) is 106 Å². The standard InChI is InChI=1S/C32H39FN4O5/c1-20-27(36-32(42-20)25-8-4-5-9-26(25)33)19-37-23-11-12-24(37)18-35-29(38)13-10-21-15-22(7-6-14-34-30(39)17-23)31(41-3)28(16-21)40-2/h4-5,8-9,15-16,23-24H,6-7,10-14,17-19H2,1-3H3,(H,34,39)(H,35,38)/t23-,24+/m0/s1. The Morgan fingerprint density at radius 3 is 2.62 bits per heavy atom. The van der Waals surface area contributed by atoms with Crippen LogP contribution in [0, 0.1) is 12.7 Å². The zero-order valence-electron chi connectivity index (χ0n) is 24.5. The normalized spacial score (nSPS) is 20.5. The molecule has 2 atom stereocenters. The number of nitrogens with zero attached hydrogens (tertiary/aromatic N) is 2. The Labute approximate surface area is 245 Å². The van der Waals surface area contributed by atoms with E-state index in [4.69, 9.17) is 13.9 Å². The summed E-state index contributed by atoms with van der Waals surface area (Å²) in [5.41, 5.74) is 3.01. The summed E-state index contributed by atoms with van der Waals surface area (Å²) in [5.74, 6) is 1.73. The van der Waals surface area contributed by atoms with Gasteiger partial charge < -0.3 is 24.5 Å². The number of hydrogen-bond acceptors (Lipinski definition) is 7. The molecule has 10 heteroatoms. The number of rotatable bonds is 5. The zero-order valence-corrected chi connectivity index (χ0v) is 24.5. The maximum Gasteiger partial charge on any atom is 0.229 e. The minimum absolute atomic E-state index is 0.0128. The monoisotopic (exact) mass is 578 g/mol. The fourth-order valence-corrected chi connectivity index (χ4v) is 6.02. The number of hydrogen-bond donors (Lipinski definition) is 2. The van der Waals surface area contributed by atoms with Crippen LogP contribution in [0.3, 0.4) is 0 Å². The summed E-state index contributed by atoms with van der Waals surface area (Å²) in [5, 5.41) is 6.20. The van der Waals surface area contributed by atoms with Crippen molar-refractivity contribution in [1.82, 2.24) is 20.5 Å². The number of methoxy groups -OCH3 is 2. The van der Waals surface area contributed by atoms with Crippen molar-refractivity contribution in [2.75, 3.05) is 27.3 Å². The predicted molar refractivity (Wildman–Crippen MR) is 156 cm³/mol. The molecule has 4 bridgehead atoms. The minimum Gasteiger partial charge on any atom is -0.493 e. The number of aryl methyl sites for hydroxylation is 3. The molecule has 2 amide bonds. The van der Waals surface area contributed by atoms with E-state index in [2.05, 4.69) is 26.6 Å². The van der Waals surface area contributed by atoms with Gasteiger partial charge in [0.05, 0.1) is 25.5 Å². The van der Waals surface area contributed by atoms with Crippen molar-refractivity contribution in [2.24, 2.45) is 0 Å². The molecular weight excluding hydrogens is 539 g/mol. The van der Waals surface area contributed by atoms with E-state index in [1.807, 2.05) is 13.0 Å². The van der Waals surface area contributed by atoms with Gasteiger partial charge in [-0.2, -0.15) is 0 Å². The number of carbonyl (C=O) groups excluding carboxylic acids is 2. The number of benzene rings is 2. The average Bonchev–Trinajstić information content (AvgIpc) is 3.54. The lowest BCUT2D eigenvalue weighted by atomic mass is 10.0. The second kappa shape index (κ2) is 13.4. The second-order valence-corrected chi connectivity index (χ2v) is 11.0. The van der Waals surface area contributed by atoms with Crippen LogP contribution >= 0.6 is 0 Å². The van der Waals surface area contributed by atoms with E-state index in [1.54, 1.807) is 32.4 Å². The molecule has 1 fully saturated rings. The highest BCUT2D eigenvalue weighted by Crippen LogP contribution is 2.34. The van der Waals surface area contributed by atoms with Crippen LogP contribution in [0.15, 0.2) is 40.8 Å². The lowest BCUT2D eigenvalue weighted by Crippen LogP contribution is -2.44. The highest BCUT2D eigenvalue weighted by Gasteiger charge is 2.36. The van der Waals surface area contributed by atoms with Gasteiger partial charge in [0.25, 0.3) is 0 Å². The molecule has 0 saturated carbocycles. The van der Waals surface area contributed by atoms with Gasteiger partial charge in [-0.05, 0) is 68.4 Å². The molecule has 2 N–H and O–H groups in total. The maximum atomic E-state index is 14.4. The Bertz CT molecular complexity index is 1420. The SMILES string of the molecule is COc1cc2cc(c1OC)CCCNC(=O)C[C@@H]1CC[C@H](CNC(=O)CC2)N1Cc1nc(-c2ccccc2F)oc1C. The lowest BCUT2D eigenvalue weighted by molar-refractivity contribution is -0.123. The van der Waals surface area contributed by atoms with Crippen molar-refractivity contribution in [3.8, 4) is 23.0 Å². The van der Waals surface area contributed by atoms with E-state index in [0.29, 0.717) is 73.8 Å². The molecule has 42 heavy (non-hydrogen) atoms. The third-order valence-corrected chi connectivity index (χ3v) is 8.26. The molecule has 2 aliphatic rings. The minimum atomic E-state index is -0.395. The van der Waals surface area contributed by atoms with Crippen LogP contribution in [0.5, 0.6) is 11.5 Å². The first kappa shape index (κ1) is 29.6. The molecule has 0 radical (unpaired) electrons. The van der Waals surface area contributed by atoms with Gasteiger partial charge in [0.1, 0.15) is 11.6 Å². The van der Waals surface area contributed by atoms with Crippen molar-refractivity contribution in [2.45, 2.75) is 70.5 Å². The Kier molecular flexibility index (Phi) is 9.41. The van der Waals surface area contributed by atoms with Crippen LogP contribution in [0.2, 0.25) is 0 Å². The molecule has 1 aromatic heterocycles. The van der Waals surface area contributed by atoms with E-state index in [0.717, 1.165) is 30.4 Å². The quantitative estimate of drug-likeness (QED) is 0.464. The molecule has 5 rings (SSSR count). The van der Waals surface area contributed by atoms with E-state index < -0.39 is 5.82 Å². The molecule has 3 heterocycles. The van der Waals surface area contributed by atoms with E-state index in [9.17, 15) is 14.0 Å². The highest BCUT2D eigenvalue weighted by atomic mass is 19.1. The van der Waals surface area contributed by atoms with Gasteiger partial charge in [-0.25, -0.2) is 9.37 Å². The van der Waals surface area contributed by atoms with Crippen LogP contribution in [0.25, 0.3) is 11.5 Å². The van der Waals surface area contributed by atoms with Crippen molar-refractivity contribution >= 4 is 11.8 Å². The molecule has 9 nitrogen and oxygen atoms in total. The van der Waals surface area contributed by atoms with Gasteiger partial charge in [0.2, 0.25) is 17.7 Å². The number of ether oxygens (including phenoxy) is 2. The summed E-state index contributed by atoms with van der Waals surface area (Å²) in [7, 11) is 3.23. The van der Waals surface area contributed by atoms with Crippen molar-refractivity contribution in [3.05, 3.63) is 64.8 Å². The van der Waals surface area contributed by atoms with Crippen LogP contribution in [-0.2, 0) is 29.0 Å². The molecule has 2 aliphatic heterocycles. The van der Waals surface area contributed by atoms with Crippen LogP contribution in [0.4, 0.5) is 4.39 Å². The van der Waals surface area contributed by atoms with Crippen molar-refractivity contribution in [3.63, 3.8) is 0 Å². The highest BCUT2D eigenvalue weighted by molar-refractivity contribution is 5.77. The number of nitrogens with one attached hydrogen (secondary N) is 2. The molecule has 3 aromatic rings. The van der Waals surface area contributed by atoms with Crippen molar-refractivity contribution < 1.29 is 27.9 Å². The number of oxazole rings is 1. The number of amides is 2. The van der Waals surface area contributed by atoms with Crippen LogP contribution in [0.1, 0.15) is 54.7 Å². The summed E-state index contributed by atoms with van der Waals surface area (Å²) in [6.07, 6.45) is 4.37. The third-order valence-electron chi connectivity index (χ3n) is 8.26. The summed E-state index contributed by atoms with van der Waals surface area (Å²) in [6.45, 7) is 3.26. The summed E-state index contributed by atoms with van der Waals surface area (Å²) in [4.78, 5) is 32.8. The maximum absolute atomic E-state index is 14.4. The Morgan fingerprint density at radius 1 is 1.02 bits per heavy atom. The molecular formula is C32H39FN4O5.